The minimum absolute atomic E-state index is 0.154. The van der Waals surface area contributed by atoms with Crippen LogP contribution in [0.25, 0.3) is 11.1 Å². The predicted molar refractivity (Wildman–Crippen MR) is 62.4 cm³/mol. The molecule has 75 valence electrons. The van der Waals surface area contributed by atoms with Crippen molar-refractivity contribution in [1.29, 1.82) is 0 Å². The first-order valence-corrected chi connectivity index (χ1v) is 5.09. The molecule has 0 atom stereocenters. The van der Waals surface area contributed by atoms with Crippen LogP contribution >= 0.6 is 23.2 Å². The summed E-state index contributed by atoms with van der Waals surface area (Å²) in [7, 11) is 0. The van der Waals surface area contributed by atoms with E-state index in [0.29, 0.717) is 15.6 Å². The fourth-order valence-electron chi connectivity index (χ4n) is 1.34. The number of phenols is 1. The lowest BCUT2D eigenvalue weighted by Crippen LogP contribution is -1.80. The Balaban J connectivity index is 2.60. The molecule has 1 N–H and O–H groups in total. The third-order valence-electron chi connectivity index (χ3n) is 2.03. The van der Waals surface area contributed by atoms with Crippen LogP contribution in [-0.4, -0.2) is 5.11 Å². The van der Waals surface area contributed by atoms with Gasteiger partial charge in [0.2, 0.25) is 0 Å². The fourth-order valence-corrected chi connectivity index (χ4v) is 1.84. The van der Waals surface area contributed by atoms with E-state index in [4.69, 9.17) is 23.2 Å². The summed E-state index contributed by atoms with van der Waals surface area (Å²) in [6.07, 6.45) is 0. The summed E-state index contributed by atoms with van der Waals surface area (Å²) in [5, 5.41) is 10.7. The molecule has 0 bridgehead atoms. The number of hydrogen-bond donors (Lipinski definition) is 1. The molecule has 0 aromatic heterocycles. The van der Waals surface area contributed by atoms with Crippen LogP contribution in [0.5, 0.6) is 5.75 Å². The van der Waals surface area contributed by atoms with E-state index < -0.39 is 0 Å². The van der Waals surface area contributed by atoms with E-state index in [-0.39, 0.29) is 5.75 Å². The minimum Gasteiger partial charge on any atom is -0.507 e. The van der Waals surface area contributed by atoms with Gasteiger partial charge in [-0.2, -0.15) is 0 Å². The van der Waals surface area contributed by atoms with Gasteiger partial charge in [0.1, 0.15) is 5.75 Å². The van der Waals surface area contributed by atoms with Crippen molar-refractivity contribution < 1.29 is 5.11 Å². The molecule has 0 aliphatic carbocycles. The van der Waals surface area contributed by atoms with Crippen LogP contribution in [0, 0.1) is 6.07 Å². The summed E-state index contributed by atoms with van der Waals surface area (Å²) >= 11 is 11.8. The van der Waals surface area contributed by atoms with Crippen LogP contribution in [0.2, 0.25) is 10.0 Å². The van der Waals surface area contributed by atoms with Crippen molar-refractivity contribution in [2.45, 2.75) is 0 Å². The van der Waals surface area contributed by atoms with Crippen LogP contribution in [-0.2, 0) is 0 Å². The van der Waals surface area contributed by atoms with Gasteiger partial charge in [0.15, 0.2) is 0 Å². The van der Waals surface area contributed by atoms with Crippen LogP contribution in [0.15, 0.2) is 36.4 Å². The first kappa shape index (κ1) is 10.3. The van der Waals surface area contributed by atoms with Crippen molar-refractivity contribution in [1.82, 2.24) is 0 Å². The SMILES string of the molecule is Oc1ccc[c]c1-c1ccc(Cl)cc1Cl. The smallest absolute Gasteiger partial charge is 0.124 e. The largest absolute Gasteiger partial charge is 0.507 e. The highest BCUT2D eigenvalue weighted by Gasteiger charge is 2.07. The Kier molecular flexibility index (Phi) is 2.85. The van der Waals surface area contributed by atoms with Crippen molar-refractivity contribution in [3.63, 3.8) is 0 Å². The normalized spacial score (nSPS) is 10.3. The Morgan fingerprint density at radius 1 is 1.13 bits per heavy atom. The summed E-state index contributed by atoms with van der Waals surface area (Å²) < 4.78 is 0. The standard InChI is InChI=1S/C12H7Cl2O/c13-8-5-6-9(11(14)7-8)10-3-1-2-4-12(10)15/h1-2,4-7,15H. The molecular weight excluding hydrogens is 231 g/mol. The quantitative estimate of drug-likeness (QED) is 0.790. The second-order valence-electron chi connectivity index (χ2n) is 3.05. The molecule has 0 heterocycles. The predicted octanol–water partition coefficient (Wildman–Crippen LogP) is 4.17. The van der Waals surface area contributed by atoms with Gasteiger partial charge in [-0.25, -0.2) is 0 Å². The number of phenolic OH excluding ortho intramolecular Hbond substituents is 1. The van der Waals surface area contributed by atoms with Gasteiger partial charge in [-0.1, -0.05) is 41.4 Å². The van der Waals surface area contributed by atoms with Crippen LogP contribution in [0.1, 0.15) is 0 Å². The van der Waals surface area contributed by atoms with E-state index in [9.17, 15) is 5.11 Å². The summed E-state index contributed by atoms with van der Waals surface area (Å²) in [4.78, 5) is 0. The zero-order valence-electron chi connectivity index (χ0n) is 7.67. The summed E-state index contributed by atoms with van der Waals surface area (Å²) in [5.74, 6) is 0.154. The molecule has 2 rings (SSSR count). The highest BCUT2D eigenvalue weighted by atomic mass is 35.5. The maximum absolute atomic E-state index is 9.63. The third-order valence-corrected chi connectivity index (χ3v) is 2.58. The van der Waals surface area contributed by atoms with Gasteiger partial charge >= 0.3 is 0 Å². The molecule has 0 amide bonds. The first-order chi connectivity index (χ1) is 7.18. The maximum Gasteiger partial charge on any atom is 0.124 e. The number of rotatable bonds is 1. The van der Waals surface area contributed by atoms with Crippen molar-refractivity contribution in [2.24, 2.45) is 0 Å². The summed E-state index contributed by atoms with van der Waals surface area (Å²) in [6, 6.07) is 13.1. The molecule has 1 nitrogen and oxygen atoms in total. The molecule has 2 aromatic carbocycles. The summed E-state index contributed by atoms with van der Waals surface area (Å²) in [5.41, 5.74) is 1.30. The molecule has 0 fully saturated rings. The van der Waals surface area contributed by atoms with Gasteiger partial charge < -0.3 is 5.11 Å². The Hall–Kier alpha value is -1.18. The lowest BCUT2D eigenvalue weighted by atomic mass is 10.0. The number of halogens is 2. The Labute approximate surface area is 97.9 Å². The molecule has 3 heteroatoms. The maximum atomic E-state index is 9.63. The second kappa shape index (κ2) is 4.13. The van der Waals surface area contributed by atoms with E-state index in [1.54, 1.807) is 36.4 Å². The van der Waals surface area contributed by atoms with Gasteiger partial charge in [0.25, 0.3) is 0 Å². The van der Waals surface area contributed by atoms with E-state index in [1.165, 1.54) is 0 Å². The van der Waals surface area contributed by atoms with Crippen LogP contribution < -0.4 is 0 Å². The molecule has 0 saturated carbocycles. The highest BCUT2D eigenvalue weighted by Crippen LogP contribution is 2.34. The zero-order valence-corrected chi connectivity index (χ0v) is 9.18. The molecule has 15 heavy (non-hydrogen) atoms. The van der Waals surface area contributed by atoms with E-state index in [2.05, 4.69) is 6.07 Å². The van der Waals surface area contributed by atoms with Crippen molar-refractivity contribution in [2.75, 3.05) is 0 Å². The number of hydrogen-bond acceptors (Lipinski definition) is 1. The average molecular weight is 238 g/mol. The second-order valence-corrected chi connectivity index (χ2v) is 3.90. The average Bonchev–Trinajstić information content (AvgIpc) is 2.20. The monoisotopic (exact) mass is 237 g/mol. The van der Waals surface area contributed by atoms with E-state index in [1.807, 2.05) is 0 Å². The topological polar surface area (TPSA) is 20.2 Å². The third kappa shape index (κ3) is 2.09. The van der Waals surface area contributed by atoms with E-state index in [0.717, 1.165) is 5.56 Å². The molecule has 0 aliphatic heterocycles. The van der Waals surface area contributed by atoms with Crippen molar-refractivity contribution >= 4 is 23.2 Å². The lowest BCUT2D eigenvalue weighted by molar-refractivity contribution is 0.477. The lowest BCUT2D eigenvalue weighted by Gasteiger charge is -2.06. The van der Waals surface area contributed by atoms with E-state index >= 15 is 0 Å². The highest BCUT2D eigenvalue weighted by molar-refractivity contribution is 6.36. The Morgan fingerprint density at radius 3 is 2.60 bits per heavy atom. The van der Waals surface area contributed by atoms with Crippen molar-refractivity contribution in [3.05, 3.63) is 52.5 Å². The van der Waals surface area contributed by atoms with Crippen LogP contribution in [0.3, 0.4) is 0 Å². The van der Waals surface area contributed by atoms with Gasteiger partial charge in [0, 0.05) is 16.1 Å². The van der Waals surface area contributed by atoms with Gasteiger partial charge in [0.05, 0.1) is 5.02 Å². The van der Waals surface area contributed by atoms with Gasteiger partial charge in [-0.15, -0.1) is 0 Å². The van der Waals surface area contributed by atoms with Gasteiger partial charge in [-0.3, -0.25) is 0 Å². The molecule has 0 spiro atoms. The molecule has 0 saturated heterocycles. The summed E-state index contributed by atoms with van der Waals surface area (Å²) in [6.45, 7) is 0. The molecular formula is C12H7Cl2O. The molecule has 2 aromatic rings. The number of aromatic hydroxyl groups is 1. The molecule has 1 radical (unpaired) electrons. The molecule has 0 aliphatic rings. The molecule has 0 unspecified atom stereocenters. The Bertz CT molecular complexity index is 495. The first-order valence-electron chi connectivity index (χ1n) is 4.33. The van der Waals surface area contributed by atoms with Crippen LogP contribution in [0.4, 0.5) is 0 Å². The Morgan fingerprint density at radius 2 is 1.93 bits per heavy atom. The zero-order chi connectivity index (χ0) is 10.8. The number of benzene rings is 2. The van der Waals surface area contributed by atoms with Crippen molar-refractivity contribution in [3.8, 4) is 16.9 Å². The fraction of sp³-hybridized carbons (Fsp3) is 0. The van der Waals surface area contributed by atoms with Gasteiger partial charge in [-0.05, 0) is 24.3 Å². The minimum atomic E-state index is 0.154.